The van der Waals surface area contributed by atoms with E-state index >= 15 is 0 Å². The molecule has 0 bridgehead atoms. The lowest BCUT2D eigenvalue weighted by atomic mass is 9.85. The summed E-state index contributed by atoms with van der Waals surface area (Å²) < 4.78 is 0. The van der Waals surface area contributed by atoms with E-state index in [1.807, 2.05) is 0 Å². The fourth-order valence-electron chi connectivity index (χ4n) is 7.95. The normalized spacial score (nSPS) is 11.6. The number of aromatic nitrogens is 1. The molecule has 0 unspecified atom stereocenters. The van der Waals surface area contributed by atoms with Gasteiger partial charge in [-0.25, -0.2) is 4.98 Å². The van der Waals surface area contributed by atoms with Gasteiger partial charge in [0.2, 0.25) is 0 Å². The Morgan fingerprint density at radius 1 is 0.280 bits per heavy atom. The zero-order chi connectivity index (χ0) is 33.0. The molecular formula is C49H31N. The van der Waals surface area contributed by atoms with Crippen LogP contribution in [0.2, 0.25) is 0 Å². The predicted molar refractivity (Wildman–Crippen MR) is 214 cm³/mol. The Hall–Kier alpha value is -6.57. The maximum Gasteiger partial charge on any atom is 0.0794 e. The van der Waals surface area contributed by atoms with E-state index in [1.54, 1.807) is 0 Å². The topological polar surface area (TPSA) is 12.9 Å². The molecule has 232 valence electrons. The number of benzene rings is 9. The third kappa shape index (κ3) is 4.52. The highest BCUT2D eigenvalue weighted by Crippen LogP contribution is 2.45. The van der Waals surface area contributed by atoms with Crippen LogP contribution in [-0.4, -0.2) is 4.98 Å². The Morgan fingerprint density at radius 2 is 0.780 bits per heavy atom. The fourth-order valence-corrected chi connectivity index (χ4v) is 7.95. The van der Waals surface area contributed by atoms with Gasteiger partial charge in [-0.2, -0.15) is 0 Å². The van der Waals surface area contributed by atoms with Crippen LogP contribution < -0.4 is 0 Å². The number of pyridine rings is 1. The molecule has 1 heteroatoms. The summed E-state index contributed by atoms with van der Waals surface area (Å²) in [6, 6.07) is 68.2. The number of fused-ring (bicyclic) bond motifs is 6. The van der Waals surface area contributed by atoms with Crippen LogP contribution >= 0.6 is 0 Å². The highest BCUT2D eigenvalue weighted by molar-refractivity contribution is 6.20. The molecule has 0 spiro atoms. The molecule has 0 atom stereocenters. The second-order valence-corrected chi connectivity index (χ2v) is 13.0. The number of rotatable bonds is 4. The molecule has 0 aliphatic rings. The average Bonchev–Trinajstić information content (AvgIpc) is 3.19. The van der Waals surface area contributed by atoms with Crippen LogP contribution in [0.3, 0.4) is 0 Å². The molecule has 10 rings (SSSR count). The van der Waals surface area contributed by atoms with E-state index in [2.05, 4.69) is 188 Å². The molecule has 9 aromatic carbocycles. The number of nitrogens with zero attached hydrogens (tertiary/aromatic N) is 1. The van der Waals surface area contributed by atoms with E-state index in [0.29, 0.717) is 0 Å². The van der Waals surface area contributed by atoms with Crippen LogP contribution in [0.1, 0.15) is 0 Å². The lowest BCUT2D eigenvalue weighted by molar-refractivity contribution is 1.36. The lowest BCUT2D eigenvalue weighted by Gasteiger charge is -2.19. The largest absolute Gasteiger partial charge is 0.247 e. The lowest BCUT2D eigenvalue weighted by Crippen LogP contribution is -1.95. The molecule has 0 N–H and O–H groups in total. The van der Waals surface area contributed by atoms with Gasteiger partial charge in [0.25, 0.3) is 0 Å². The molecule has 10 aromatic rings. The third-order valence-corrected chi connectivity index (χ3v) is 10.3. The minimum atomic E-state index is 0.973. The van der Waals surface area contributed by atoms with Gasteiger partial charge < -0.3 is 0 Å². The van der Waals surface area contributed by atoms with E-state index < -0.39 is 0 Å². The first-order chi connectivity index (χ1) is 24.8. The van der Waals surface area contributed by atoms with E-state index in [9.17, 15) is 0 Å². The number of hydrogen-bond donors (Lipinski definition) is 0. The molecule has 1 heterocycles. The smallest absolute Gasteiger partial charge is 0.0794 e. The van der Waals surface area contributed by atoms with E-state index in [4.69, 9.17) is 4.98 Å². The summed E-state index contributed by atoms with van der Waals surface area (Å²) in [6.45, 7) is 0. The second-order valence-electron chi connectivity index (χ2n) is 13.0. The van der Waals surface area contributed by atoms with Crippen molar-refractivity contribution in [1.82, 2.24) is 4.98 Å². The van der Waals surface area contributed by atoms with Gasteiger partial charge in [-0.1, -0.05) is 182 Å². The van der Waals surface area contributed by atoms with Crippen molar-refractivity contribution in [3.8, 4) is 44.8 Å². The summed E-state index contributed by atoms with van der Waals surface area (Å²) in [4.78, 5) is 5.50. The van der Waals surface area contributed by atoms with Crippen LogP contribution in [0.25, 0.3) is 98.6 Å². The first-order valence-corrected chi connectivity index (χ1v) is 17.2. The van der Waals surface area contributed by atoms with Gasteiger partial charge in [0.15, 0.2) is 0 Å². The maximum absolute atomic E-state index is 5.50. The summed E-state index contributed by atoms with van der Waals surface area (Å²) in [5.74, 6) is 0. The molecule has 0 fully saturated rings. The molecule has 0 amide bonds. The van der Waals surface area contributed by atoms with Crippen LogP contribution in [0.5, 0.6) is 0 Å². The summed E-state index contributed by atoms with van der Waals surface area (Å²) in [6.07, 6.45) is 0. The van der Waals surface area contributed by atoms with Crippen molar-refractivity contribution in [3.63, 3.8) is 0 Å². The maximum atomic E-state index is 5.50. The second kappa shape index (κ2) is 11.5. The first kappa shape index (κ1) is 28.4. The minimum Gasteiger partial charge on any atom is -0.247 e. The first-order valence-electron chi connectivity index (χ1n) is 17.2. The Kier molecular flexibility index (Phi) is 6.57. The fraction of sp³-hybridized carbons (Fsp3) is 0. The Bertz CT molecular complexity index is 2820. The summed E-state index contributed by atoms with van der Waals surface area (Å²) >= 11 is 0. The average molecular weight is 634 g/mol. The van der Waals surface area contributed by atoms with Gasteiger partial charge in [0.1, 0.15) is 0 Å². The molecular weight excluding hydrogens is 603 g/mol. The van der Waals surface area contributed by atoms with Crippen molar-refractivity contribution >= 4 is 53.9 Å². The van der Waals surface area contributed by atoms with Gasteiger partial charge in [0.05, 0.1) is 11.4 Å². The van der Waals surface area contributed by atoms with Gasteiger partial charge in [0, 0.05) is 16.5 Å². The molecule has 0 radical (unpaired) electrons. The minimum absolute atomic E-state index is 0.973. The highest BCUT2D eigenvalue weighted by atomic mass is 14.7. The van der Waals surface area contributed by atoms with Crippen molar-refractivity contribution in [2.45, 2.75) is 0 Å². The van der Waals surface area contributed by atoms with Gasteiger partial charge in [-0.15, -0.1) is 0 Å². The van der Waals surface area contributed by atoms with Crippen molar-refractivity contribution in [3.05, 3.63) is 188 Å². The van der Waals surface area contributed by atoms with Crippen molar-refractivity contribution in [2.75, 3.05) is 0 Å². The Morgan fingerprint density at radius 3 is 1.48 bits per heavy atom. The van der Waals surface area contributed by atoms with E-state index in [-0.39, 0.29) is 0 Å². The molecule has 0 aliphatic heterocycles. The van der Waals surface area contributed by atoms with Crippen LogP contribution in [0.4, 0.5) is 0 Å². The number of hydrogen-bond acceptors (Lipinski definition) is 1. The van der Waals surface area contributed by atoms with Crippen LogP contribution in [0.15, 0.2) is 188 Å². The zero-order valence-corrected chi connectivity index (χ0v) is 27.3. The molecule has 0 saturated heterocycles. The summed E-state index contributed by atoms with van der Waals surface area (Å²) in [5, 5.41) is 12.2. The van der Waals surface area contributed by atoms with Crippen molar-refractivity contribution < 1.29 is 0 Å². The molecule has 50 heavy (non-hydrogen) atoms. The third-order valence-electron chi connectivity index (χ3n) is 10.3. The van der Waals surface area contributed by atoms with Crippen molar-refractivity contribution in [1.29, 1.82) is 0 Å². The quantitative estimate of drug-likeness (QED) is 0.176. The Labute approximate surface area is 290 Å². The van der Waals surface area contributed by atoms with Crippen LogP contribution in [0, 0.1) is 0 Å². The summed E-state index contributed by atoms with van der Waals surface area (Å²) in [7, 11) is 0. The predicted octanol–water partition coefficient (Wildman–Crippen LogP) is 13.5. The van der Waals surface area contributed by atoms with Gasteiger partial charge >= 0.3 is 0 Å². The van der Waals surface area contributed by atoms with Crippen molar-refractivity contribution in [2.24, 2.45) is 0 Å². The highest BCUT2D eigenvalue weighted by Gasteiger charge is 2.20. The van der Waals surface area contributed by atoms with Crippen LogP contribution in [-0.2, 0) is 0 Å². The van der Waals surface area contributed by atoms with E-state index in [1.165, 1.54) is 70.7 Å². The van der Waals surface area contributed by atoms with Gasteiger partial charge in [-0.05, 0) is 76.8 Å². The van der Waals surface area contributed by atoms with Gasteiger partial charge in [-0.3, -0.25) is 0 Å². The molecule has 1 aromatic heterocycles. The Balaban J connectivity index is 1.35. The standard InChI is InChI=1S/C49H31N/c1-2-16-35(17-3-1)47-31-46-38-22-9-6-15-34(38)27-28-45(46)49(50-47)44-30-29-43(40-24-11-19-33-14-5-8-21-37(33)40)48-41(25-12-26-42(44)48)39-23-10-18-32-13-4-7-20-36(32)39/h1-31H. The summed E-state index contributed by atoms with van der Waals surface area (Å²) in [5.41, 5.74) is 9.11. The molecule has 1 nitrogen and oxygen atoms in total. The van der Waals surface area contributed by atoms with E-state index in [0.717, 1.165) is 27.9 Å². The molecule has 0 aliphatic carbocycles. The SMILES string of the molecule is c1ccc(-c2cc3c(ccc4ccccc43)c(-c3ccc(-c4cccc5ccccc45)c4c(-c5cccc6ccccc56)cccc34)n2)cc1. The monoisotopic (exact) mass is 633 g/mol. The molecule has 0 saturated carbocycles. The zero-order valence-electron chi connectivity index (χ0n) is 27.3.